The summed E-state index contributed by atoms with van der Waals surface area (Å²) in [5.74, 6) is -1.44. The molecule has 1 aromatic carbocycles. The number of thioether (sulfide) groups is 1. The zero-order valence-electron chi connectivity index (χ0n) is 20.0. The van der Waals surface area contributed by atoms with Crippen LogP contribution in [0.3, 0.4) is 0 Å². The highest BCUT2D eigenvalue weighted by Crippen LogP contribution is 2.49. The fourth-order valence-electron chi connectivity index (χ4n) is 4.05. The SMILES string of the molecule is CCOC(=O)C1=C(C(=O)OCC)N2C(C)=C(C)SC2OC1c1coc2cc(C)c(C)cc2c1=O. The lowest BCUT2D eigenvalue weighted by molar-refractivity contribution is -0.149. The monoisotopic (exact) mass is 485 g/mol. The fraction of sp³-hybridized carbons (Fsp3) is 0.400. The predicted octanol–water partition coefficient (Wildman–Crippen LogP) is 4.45. The molecule has 0 spiro atoms. The fourth-order valence-corrected chi connectivity index (χ4v) is 5.15. The van der Waals surface area contributed by atoms with E-state index in [1.807, 2.05) is 27.7 Å². The molecule has 0 bridgehead atoms. The van der Waals surface area contributed by atoms with E-state index in [4.69, 9.17) is 18.6 Å². The predicted molar refractivity (Wildman–Crippen MR) is 128 cm³/mol. The molecule has 0 aliphatic carbocycles. The highest BCUT2D eigenvalue weighted by Gasteiger charge is 2.48. The number of rotatable bonds is 5. The van der Waals surface area contributed by atoms with Crippen molar-refractivity contribution in [2.75, 3.05) is 13.2 Å². The molecular weight excluding hydrogens is 458 g/mol. The van der Waals surface area contributed by atoms with E-state index in [2.05, 4.69) is 0 Å². The lowest BCUT2D eigenvalue weighted by Gasteiger charge is -2.38. The van der Waals surface area contributed by atoms with Crippen LogP contribution in [-0.4, -0.2) is 35.6 Å². The Morgan fingerprint density at radius 1 is 1.03 bits per heavy atom. The molecule has 2 aromatic rings. The summed E-state index contributed by atoms with van der Waals surface area (Å²) in [7, 11) is 0. The largest absolute Gasteiger partial charge is 0.464 e. The maximum absolute atomic E-state index is 13.6. The number of hydrogen-bond donors (Lipinski definition) is 0. The standard InChI is InChI=1S/C25H27NO7S/c1-7-30-23(28)19-20(24(29)31-8-2)26-14(5)15(6)34-25(26)33-22(19)17-11-32-18-10-13(4)12(3)9-16(18)21(17)27/h9-11,22,25H,7-8H2,1-6H3. The summed E-state index contributed by atoms with van der Waals surface area (Å²) in [6.07, 6.45) is 0.127. The number of esters is 2. The van der Waals surface area contributed by atoms with Crippen molar-refractivity contribution in [3.63, 3.8) is 0 Å². The average Bonchev–Trinajstić information content (AvgIpc) is 3.07. The first-order valence-corrected chi connectivity index (χ1v) is 12.0. The van der Waals surface area contributed by atoms with Gasteiger partial charge in [0.1, 0.15) is 29.2 Å². The first-order valence-electron chi connectivity index (χ1n) is 11.1. The number of benzene rings is 1. The molecule has 0 saturated heterocycles. The van der Waals surface area contributed by atoms with Gasteiger partial charge in [-0.25, -0.2) is 9.59 Å². The number of carbonyl (C=O) groups is 2. The van der Waals surface area contributed by atoms with Crippen LogP contribution in [0.2, 0.25) is 0 Å². The van der Waals surface area contributed by atoms with E-state index in [0.29, 0.717) is 11.0 Å². The third-order valence-corrected chi connectivity index (χ3v) is 7.20. The molecule has 2 aliphatic heterocycles. The van der Waals surface area contributed by atoms with Crippen LogP contribution in [0, 0.1) is 13.8 Å². The Morgan fingerprint density at radius 2 is 1.68 bits per heavy atom. The van der Waals surface area contributed by atoms with Gasteiger partial charge in [-0.1, -0.05) is 11.8 Å². The van der Waals surface area contributed by atoms with Gasteiger partial charge < -0.3 is 23.5 Å². The molecule has 34 heavy (non-hydrogen) atoms. The molecule has 0 amide bonds. The average molecular weight is 486 g/mol. The van der Waals surface area contributed by atoms with Crippen LogP contribution < -0.4 is 5.43 Å². The van der Waals surface area contributed by atoms with Gasteiger partial charge in [0.25, 0.3) is 0 Å². The summed E-state index contributed by atoms with van der Waals surface area (Å²) in [4.78, 5) is 42.5. The lowest BCUT2D eigenvalue weighted by atomic mass is 9.96. The summed E-state index contributed by atoms with van der Waals surface area (Å²) in [6, 6.07) is 3.56. The normalized spacial score (nSPS) is 20.1. The van der Waals surface area contributed by atoms with E-state index in [0.717, 1.165) is 21.7 Å². The molecule has 8 nitrogen and oxygen atoms in total. The number of ether oxygens (including phenoxy) is 3. The van der Waals surface area contributed by atoms with Crippen LogP contribution in [0.15, 0.2) is 49.5 Å². The third kappa shape index (κ3) is 3.92. The molecule has 1 aromatic heterocycles. The van der Waals surface area contributed by atoms with E-state index in [1.165, 1.54) is 18.0 Å². The van der Waals surface area contributed by atoms with Crippen molar-refractivity contribution in [1.29, 1.82) is 0 Å². The molecule has 0 saturated carbocycles. The Morgan fingerprint density at radius 3 is 2.35 bits per heavy atom. The van der Waals surface area contributed by atoms with Gasteiger partial charge in [-0.05, 0) is 64.8 Å². The maximum atomic E-state index is 13.6. The molecule has 9 heteroatoms. The van der Waals surface area contributed by atoms with Crippen molar-refractivity contribution >= 4 is 34.7 Å². The third-order valence-electron chi connectivity index (χ3n) is 6.03. The number of fused-ring (bicyclic) bond motifs is 2. The number of aryl methyl sites for hydroxylation is 2. The molecule has 3 heterocycles. The second-order valence-electron chi connectivity index (χ2n) is 8.11. The van der Waals surface area contributed by atoms with Gasteiger partial charge in [-0.2, -0.15) is 0 Å². The van der Waals surface area contributed by atoms with Crippen molar-refractivity contribution in [2.24, 2.45) is 0 Å². The Kier molecular flexibility index (Phi) is 6.60. The van der Waals surface area contributed by atoms with Gasteiger partial charge in [-0.15, -0.1) is 0 Å². The van der Waals surface area contributed by atoms with Crippen molar-refractivity contribution < 1.29 is 28.2 Å². The van der Waals surface area contributed by atoms with Crippen LogP contribution in [0.25, 0.3) is 11.0 Å². The second kappa shape index (κ2) is 9.31. The van der Waals surface area contributed by atoms with Gasteiger partial charge in [-0.3, -0.25) is 4.79 Å². The molecule has 4 rings (SSSR count). The van der Waals surface area contributed by atoms with Gasteiger partial charge in [0, 0.05) is 10.6 Å². The van der Waals surface area contributed by atoms with Crippen molar-refractivity contribution in [3.8, 4) is 0 Å². The van der Waals surface area contributed by atoms with Crippen LogP contribution in [0.1, 0.15) is 50.5 Å². The summed E-state index contributed by atoms with van der Waals surface area (Å²) >= 11 is 1.39. The Hall–Kier alpha value is -3.04. The second-order valence-corrected chi connectivity index (χ2v) is 9.36. The number of nitrogens with zero attached hydrogens (tertiary/aromatic N) is 1. The van der Waals surface area contributed by atoms with E-state index in [9.17, 15) is 14.4 Å². The van der Waals surface area contributed by atoms with E-state index in [1.54, 1.807) is 30.9 Å². The summed E-state index contributed by atoms with van der Waals surface area (Å²) < 4.78 is 22.7. The molecule has 2 unspecified atom stereocenters. The molecule has 0 N–H and O–H groups in total. The molecule has 0 fully saturated rings. The smallest absolute Gasteiger partial charge is 0.355 e. The van der Waals surface area contributed by atoms with Gasteiger partial charge in [0.05, 0.1) is 24.2 Å². The number of carbonyl (C=O) groups excluding carboxylic acids is 2. The lowest BCUT2D eigenvalue weighted by Crippen LogP contribution is -2.43. The molecule has 2 aliphatic rings. The minimum absolute atomic E-state index is 0.0167. The Bertz CT molecular complexity index is 1310. The summed E-state index contributed by atoms with van der Waals surface area (Å²) in [5, 5.41) is 0.372. The minimum atomic E-state index is -1.17. The van der Waals surface area contributed by atoms with E-state index >= 15 is 0 Å². The van der Waals surface area contributed by atoms with Crippen molar-refractivity contribution in [2.45, 2.75) is 53.2 Å². The van der Waals surface area contributed by atoms with Crippen LogP contribution >= 0.6 is 11.8 Å². The zero-order chi connectivity index (χ0) is 24.7. The quantitative estimate of drug-likeness (QED) is 0.569. The Balaban J connectivity index is 1.98. The molecular formula is C25H27NO7S. The topological polar surface area (TPSA) is 95.3 Å². The van der Waals surface area contributed by atoms with Gasteiger partial charge >= 0.3 is 11.9 Å². The summed E-state index contributed by atoms with van der Waals surface area (Å²) in [5.41, 5.74) is 2.18. The number of hydrogen-bond acceptors (Lipinski definition) is 9. The molecule has 0 radical (unpaired) electrons. The maximum Gasteiger partial charge on any atom is 0.355 e. The zero-order valence-corrected chi connectivity index (χ0v) is 20.8. The van der Waals surface area contributed by atoms with E-state index < -0.39 is 23.6 Å². The number of allylic oxidation sites excluding steroid dienone is 2. The van der Waals surface area contributed by atoms with Crippen LogP contribution in [0.4, 0.5) is 0 Å². The van der Waals surface area contributed by atoms with Gasteiger partial charge in [0.15, 0.2) is 11.0 Å². The summed E-state index contributed by atoms with van der Waals surface area (Å²) in [6.45, 7) is 11.1. The van der Waals surface area contributed by atoms with Crippen molar-refractivity contribution in [3.05, 3.63) is 67.2 Å². The Labute approximate surface area is 201 Å². The molecule has 180 valence electrons. The first kappa shape index (κ1) is 24.1. The van der Waals surface area contributed by atoms with E-state index in [-0.39, 0.29) is 35.5 Å². The van der Waals surface area contributed by atoms with Gasteiger partial charge in [0.2, 0.25) is 0 Å². The molecule has 2 atom stereocenters. The first-order chi connectivity index (χ1) is 16.2. The highest BCUT2D eigenvalue weighted by molar-refractivity contribution is 8.03. The van der Waals surface area contributed by atoms with Crippen LogP contribution in [0.5, 0.6) is 0 Å². The minimum Gasteiger partial charge on any atom is -0.464 e. The highest BCUT2D eigenvalue weighted by atomic mass is 32.2. The van der Waals surface area contributed by atoms with Crippen molar-refractivity contribution in [1.82, 2.24) is 4.90 Å². The van der Waals surface area contributed by atoms with Crippen LogP contribution in [-0.2, 0) is 23.8 Å².